The molecule has 0 aliphatic heterocycles. The fourth-order valence-electron chi connectivity index (χ4n) is 3.33. The van der Waals surface area contributed by atoms with Gasteiger partial charge in [-0.1, -0.05) is 121 Å². The van der Waals surface area contributed by atoms with Crippen LogP contribution in [0.2, 0.25) is 0 Å². The summed E-state index contributed by atoms with van der Waals surface area (Å²) in [6.07, 6.45) is 0. The Morgan fingerprint density at radius 1 is 0.367 bits per heavy atom. The van der Waals surface area contributed by atoms with E-state index in [1.807, 2.05) is 0 Å². The average Bonchev–Trinajstić information content (AvgIpc) is 2.79. The van der Waals surface area contributed by atoms with Gasteiger partial charge in [0.15, 0.2) is 0 Å². The second-order valence-corrected chi connectivity index (χ2v) is 6.46. The zero-order valence-corrected chi connectivity index (χ0v) is 16.3. The molecule has 4 rings (SSSR count). The van der Waals surface area contributed by atoms with Crippen LogP contribution in [0, 0.1) is 0 Å². The van der Waals surface area contributed by atoms with E-state index in [1.165, 1.54) is 33.4 Å². The molecule has 0 bridgehead atoms. The van der Waals surface area contributed by atoms with Crippen molar-refractivity contribution >= 4 is 18.7 Å². The topological polar surface area (TPSA) is 0 Å². The van der Waals surface area contributed by atoms with Crippen molar-refractivity contribution in [2.45, 2.75) is 0 Å². The van der Waals surface area contributed by atoms with Crippen LogP contribution < -0.4 is 0 Å². The first-order valence-electron chi connectivity index (χ1n) is 9.55. The van der Waals surface area contributed by atoms with E-state index in [0.717, 1.165) is 0 Å². The summed E-state index contributed by atoms with van der Waals surface area (Å²) in [5.41, 5.74) is 7.40. The molecular formula is C26H20BF3. The molecule has 4 aromatic rings. The molecular weight excluding hydrogens is 380 g/mol. The van der Waals surface area contributed by atoms with Gasteiger partial charge in [0.1, 0.15) is 0 Å². The summed E-state index contributed by atoms with van der Waals surface area (Å²) < 4.78 is 29.0. The Bertz CT molecular complexity index is 878. The maximum Gasteiger partial charge on any atom is 0.762 e. The molecule has 0 amide bonds. The molecule has 0 saturated carbocycles. The van der Waals surface area contributed by atoms with E-state index >= 15 is 0 Å². The lowest BCUT2D eigenvalue weighted by Crippen LogP contribution is -1.97. The van der Waals surface area contributed by atoms with Crippen molar-refractivity contribution in [2.24, 2.45) is 0 Å². The van der Waals surface area contributed by atoms with E-state index in [9.17, 15) is 12.9 Å². The molecule has 0 nitrogen and oxygen atoms in total. The van der Waals surface area contributed by atoms with Crippen molar-refractivity contribution in [3.05, 3.63) is 144 Å². The maximum atomic E-state index is 9.67. The summed E-state index contributed by atoms with van der Waals surface area (Å²) in [5, 5.41) is 0. The van der Waals surface area contributed by atoms with E-state index in [4.69, 9.17) is 0 Å². The largest absolute Gasteiger partial charge is 0.762 e. The van der Waals surface area contributed by atoms with Crippen molar-refractivity contribution < 1.29 is 12.9 Å². The standard InChI is InChI=1S/C26H20.BF3/c1-5-13-21(14-6-1)25(22-15-7-2-8-16-22)26(23-17-9-3-10-18-23)24-19-11-4-12-20-24;2-1(3)4/h1-20H;. The highest BCUT2D eigenvalue weighted by Crippen LogP contribution is 2.36. The van der Waals surface area contributed by atoms with Crippen LogP contribution in [0.3, 0.4) is 0 Å². The summed E-state index contributed by atoms with van der Waals surface area (Å²) in [4.78, 5) is 0. The highest BCUT2D eigenvalue weighted by Gasteiger charge is 2.15. The van der Waals surface area contributed by atoms with Gasteiger partial charge in [-0.25, -0.2) is 0 Å². The van der Waals surface area contributed by atoms with Crippen molar-refractivity contribution in [1.82, 2.24) is 0 Å². The molecule has 4 heteroatoms. The van der Waals surface area contributed by atoms with Crippen LogP contribution in [0.1, 0.15) is 22.3 Å². The third-order valence-electron chi connectivity index (χ3n) is 4.50. The Morgan fingerprint density at radius 2 is 0.533 bits per heavy atom. The van der Waals surface area contributed by atoms with Crippen molar-refractivity contribution in [1.29, 1.82) is 0 Å². The summed E-state index contributed by atoms with van der Waals surface area (Å²) in [6.45, 7) is 0. The molecule has 30 heavy (non-hydrogen) atoms. The Kier molecular flexibility index (Phi) is 7.68. The predicted octanol–water partition coefficient (Wildman–Crippen LogP) is 7.57. The molecule has 0 radical (unpaired) electrons. The predicted molar refractivity (Wildman–Crippen MR) is 120 cm³/mol. The maximum absolute atomic E-state index is 9.67. The summed E-state index contributed by atoms with van der Waals surface area (Å²) in [7, 11) is -3.67. The zero-order valence-electron chi connectivity index (χ0n) is 16.3. The molecule has 0 atom stereocenters. The van der Waals surface area contributed by atoms with Crippen LogP contribution in [-0.2, 0) is 0 Å². The number of halogens is 3. The van der Waals surface area contributed by atoms with Crippen LogP contribution in [0.4, 0.5) is 12.9 Å². The van der Waals surface area contributed by atoms with Crippen molar-refractivity contribution in [3.8, 4) is 0 Å². The average molecular weight is 400 g/mol. The quantitative estimate of drug-likeness (QED) is 0.245. The van der Waals surface area contributed by atoms with Gasteiger partial charge in [-0.2, -0.15) is 0 Å². The zero-order chi connectivity index (χ0) is 21.2. The molecule has 0 unspecified atom stereocenters. The van der Waals surface area contributed by atoms with Crippen LogP contribution in [0.5, 0.6) is 0 Å². The molecule has 0 N–H and O–H groups in total. The Hall–Kier alpha value is -3.53. The minimum atomic E-state index is -3.67. The van der Waals surface area contributed by atoms with Gasteiger partial charge < -0.3 is 0 Å². The van der Waals surface area contributed by atoms with Crippen LogP contribution >= 0.6 is 0 Å². The third kappa shape index (κ3) is 5.74. The summed E-state index contributed by atoms with van der Waals surface area (Å²) in [6, 6.07) is 42.6. The van der Waals surface area contributed by atoms with Crippen LogP contribution in [-0.4, -0.2) is 7.54 Å². The Morgan fingerprint density at radius 3 is 0.700 bits per heavy atom. The number of rotatable bonds is 4. The minimum Gasteiger partial charge on any atom is -0.254 e. The Labute approximate surface area is 175 Å². The lowest BCUT2D eigenvalue weighted by molar-refractivity contribution is 0.535. The first-order chi connectivity index (χ1) is 14.7. The van der Waals surface area contributed by atoms with Gasteiger partial charge in [0.2, 0.25) is 0 Å². The summed E-state index contributed by atoms with van der Waals surface area (Å²) in [5.74, 6) is 0. The molecule has 0 heterocycles. The lowest BCUT2D eigenvalue weighted by Gasteiger charge is -2.18. The third-order valence-corrected chi connectivity index (χ3v) is 4.50. The van der Waals surface area contributed by atoms with Crippen LogP contribution in [0.15, 0.2) is 121 Å². The second kappa shape index (κ2) is 10.9. The lowest BCUT2D eigenvalue weighted by atomic mass is 9.86. The highest BCUT2D eigenvalue weighted by atomic mass is 19.4. The van der Waals surface area contributed by atoms with Gasteiger partial charge in [-0.3, -0.25) is 12.9 Å². The van der Waals surface area contributed by atoms with Crippen LogP contribution in [0.25, 0.3) is 11.1 Å². The number of hydrogen-bond acceptors (Lipinski definition) is 0. The molecule has 0 aliphatic carbocycles. The Balaban J connectivity index is 0.000000589. The SMILES string of the molecule is FB(F)F.c1ccc(C(=C(c2ccccc2)c2ccccc2)c2ccccc2)cc1. The fourth-order valence-corrected chi connectivity index (χ4v) is 3.33. The van der Waals surface area contributed by atoms with Crippen molar-refractivity contribution in [2.75, 3.05) is 0 Å². The van der Waals surface area contributed by atoms with E-state index in [0.29, 0.717) is 0 Å². The van der Waals surface area contributed by atoms with Gasteiger partial charge in [0.25, 0.3) is 0 Å². The van der Waals surface area contributed by atoms with Gasteiger partial charge in [-0.05, 0) is 33.4 Å². The first kappa shape index (κ1) is 21.2. The molecule has 148 valence electrons. The van der Waals surface area contributed by atoms with Crippen molar-refractivity contribution in [3.63, 3.8) is 0 Å². The van der Waals surface area contributed by atoms with E-state index in [1.54, 1.807) is 0 Å². The molecule has 0 spiro atoms. The number of benzene rings is 4. The molecule has 0 aliphatic rings. The van der Waals surface area contributed by atoms with Gasteiger partial charge in [0.05, 0.1) is 0 Å². The highest BCUT2D eigenvalue weighted by molar-refractivity contribution is 6.33. The van der Waals surface area contributed by atoms with Gasteiger partial charge in [0, 0.05) is 0 Å². The molecule has 0 saturated heterocycles. The molecule has 0 aromatic heterocycles. The monoisotopic (exact) mass is 400 g/mol. The van der Waals surface area contributed by atoms with E-state index in [2.05, 4.69) is 121 Å². The molecule has 0 fully saturated rings. The van der Waals surface area contributed by atoms with E-state index < -0.39 is 7.54 Å². The number of hydrogen-bond donors (Lipinski definition) is 0. The van der Waals surface area contributed by atoms with E-state index in [-0.39, 0.29) is 0 Å². The normalized spacial score (nSPS) is 9.83. The van der Waals surface area contributed by atoms with Gasteiger partial charge in [-0.15, -0.1) is 0 Å². The fraction of sp³-hybridized carbons (Fsp3) is 0. The molecule has 4 aromatic carbocycles. The first-order valence-corrected chi connectivity index (χ1v) is 9.55. The van der Waals surface area contributed by atoms with Gasteiger partial charge >= 0.3 is 7.54 Å². The second-order valence-electron chi connectivity index (χ2n) is 6.46. The summed E-state index contributed by atoms with van der Waals surface area (Å²) >= 11 is 0. The smallest absolute Gasteiger partial charge is 0.254 e. The minimum absolute atomic E-state index is 1.22.